The van der Waals surface area contributed by atoms with Crippen molar-refractivity contribution >= 4 is 6.03 Å². The van der Waals surface area contributed by atoms with Gasteiger partial charge in [-0.05, 0) is 56.1 Å². The number of likely N-dealkylation sites (tertiary alicyclic amines) is 2. The molecule has 3 heterocycles. The van der Waals surface area contributed by atoms with Gasteiger partial charge in [-0.15, -0.1) is 0 Å². The van der Waals surface area contributed by atoms with Crippen LogP contribution in [0.1, 0.15) is 79.1 Å². The van der Waals surface area contributed by atoms with Crippen molar-refractivity contribution in [3.05, 3.63) is 41.0 Å². The van der Waals surface area contributed by atoms with Crippen molar-refractivity contribution in [2.24, 2.45) is 5.41 Å². The van der Waals surface area contributed by atoms with Crippen molar-refractivity contribution in [1.82, 2.24) is 25.0 Å². The van der Waals surface area contributed by atoms with Crippen molar-refractivity contribution in [3.63, 3.8) is 0 Å². The van der Waals surface area contributed by atoms with Crippen molar-refractivity contribution in [2.75, 3.05) is 26.2 Å². The van der Waals surface area contributed by atoms with Gasteiger partial charge in [0.15, 0.2) is 5.82 Å². The molecule has 1 N–H and O–H groups in total. The zero-order chi connectivity index (χ0) is 22.2. The zero-order valence-corrected chi connectivity index (χ0v) is 18.7. The molecule has 2 saturated heterocycles. The molecule has 0 atom stereocenters. The van der Waals surface area contributed by atoms with Crippen LogP contribution in [-0.2, 0) is 0 Å². The number of benzene rings is 1. The Balaban J connectivity index is 0.894. The predicted molar refractivity (Wildman–Crippen MR) is 119 cm³/mol. The van der Waals surface area contributed by atoms with Gasteiger partial charge in [0.05, 0.1) is 18.7 Å². The molecule has 2 amide bonds. The fourth-order valence-electron chi connectivity index (χ4n) is 5.88. The lowest BCUT2D eigenvalue weighted by molar-refractivity contribution is -0.0665. The van der Waals surface area contributed by atoms with Gasteiger partial charge < -0.3 is 14.5 Å². The first-order valence-electron chi connectivity index (χ1n) is 12.3. The van der Waals surface area contributed by atoms with E-state index >= 15 is 0 Å². The Bertz CT molecular complexity index is 1140. The number of carbonyl (C=O) groups excluding carboxylic acids is 1. The molecule has 2 aromatic rings. The lowest BCUT2D eigenvalue weighted by atomic mass is 9.57. The summed E-state index contributed by atoms with van der Waals surface area (Å²) in [4.78, 5) is 21.4. The van der Waals surface area contributed by atoms with Gasteiger partial charge in [-0.2, -0.15) is 10.4 Å². The number of ether oxygens (including phenoxy) is 1. The molecule has 1 aromatic carbocycles. The molecule has 1 aromatic heterocycles. The minimum absolute atomic E-state index is 0.0368. The fraction of sp³-hybridized carbons (Fsp3) is 0.600. The molecule has 2 aliphatic heterocycles. The highest BCUT2D eigenvalue weighted by molar-refractivity contribution is 5.76. The highest BCUT2D eigenvalue weighted by Gasteiger charge is 2.56. The molecular weight excluding hydrogens is 416 g/mol. The highest BCUT2D eigenvalue weighted by Crippen LogP contribution is 2.56. The summed E-state index contributed by atoms with van der Waals surface area (Å²) in [7, 11) is 0. The van der Waals surface area contributed by atoms with Crippen molar-refractivity contribution in [2.45, 2.75) is 62.4 Å². The van der Waals surface area contributed by atoms with Crippen LogP contribution in [-0.4, -0.2) is 63.3 Å². The molecule has 3 aliphatic carbocycles. The number of aromatic amines is 1. The van der Waals surface area contributed by atoms with E-state index in [0.29, 0.717) is 42.2 Å². The Hall–Kier alpha value is -3.08. The number of nitrogens with one attached hydrogen (secondary N) is 1. The zero-order valence-electron chi connectivity index (χ0n) is 18.7. The Morgan fingerprint density at radius 2 is 1.85 bits per heavy atom. The molecule has 5 fully saturated rings. The average molecular weight is 445 g/mol. The van der Waals surface area contributed by atoms with Crippen LogP contribution in [0, 0.1) is 16.7 Å². The highest BCUT2D eigenvalue weighted by atomic mass is 16.5. The van der Waals surface area contributed by atoms with Crippen molar-refractivity contribution in [1.29, 1.82) is 5.26 Å². The van der Waals surface area contributed by atoms with Crippen molar-refractivity contribution < 1.29 is 9.53 Å². The van der Waals surface area contributed by atoms with Crippen molar-refractivity contribution in [3.8, 4) is 11.8 Å². The third kappa shape index (κ3) is 3.28. The summed E-state index contributed by atoms with van der Waals surface area (Å²) in [5.74, 6) is 4.25. The van der Waals surface area contributed by atoms with E-state index in [0.717, 1.165) is 56.0 Å². The summed E-state index contributed by atoms with van der Waals surface area (Å²) in [6, 6.07) is 8.34. The standard InChI is InChI=1S/C25H28N6O2/c26-10-20-19(15-4-5-15)2-1-3-21(20)33-18-11-30(12-18)24(32)31-13-25(14-31)8-17(9-25)23-27-22(28-29-23)16-6-7-16/h1-3,15-18H,4-9,11-14H2,(H,27,28,29). The third-order valence-electron chi connectivity index (χ3n) is 8.13. The summed E-state index contributed by atoms with van der Waals surface area (Å²) in [5.41, 5.74) is 2.05. The van der Waals surface area contributed by atoms with E-state index in [9.17, 15) is 10.1 Å². The maximum Gasteiger partial charge on any atom is 0.320 e. The Kier molecular flexibility index (Phi) is 4.09. The van der Waals surface area contributed by atoms with Crippen LogP contribution in [0.5, 0.6) is 5.75 Å². The van der Waals surface area contributed by atoms with E-state index in [-0.39, 0.29) is 17.6 Å². The average Bonchev–Trinajstić information content (AvgIpc) is 3.66. The van der Waals surface area contributed by atoms with E-state index in [1.54, 1.807) is 0 Å². The number of hydrogen-bond donors (Lipinski definition) is 1. The Labute approximate surface area is 192 Å². The predicted octanol–water partition coefficient (Wildman–Crippen LogP) is 3.49. The summed E-state index contributed by atoms with van der Waals surface area (Å²) >= 11 is 0. The molecule has 8 heteroatoms. The smallest absolute Gasteiger partial charge is 0.320 e. The number of carbonyl (C=O) groups is 1. The third-order valence-corrected chi connectivity index (χ3v) is 8.13. The second-order valence-corrected chi connectivity index (χ2v) is 10.8. The fourth-order valence-corrected chi connectivity index (χ4v) is 5.88. The van der Waals surface area contributed by atoms with Gasteiger partial charge in [-0.3, -0.25) is 5.10 Å². The number of hydrogen-bond acceptors (Lipinski definition) is 5. The van der Waals surface area contributed by atoms with Crippen LogP contribution < -0.4 is 4.74 Å². The van der Waals surface area contributed by atoms with Gasteiger partial charge in [0.2, 0.25) is 0 Å². The summed E-state index contributed by atoms with van der Waals surface area (Å²) < 4.78 is 6.11. The maximum absolute atomic E-state index is 12.9. The molecule has 3 saturated carbocycles. The molecule has 5 aliphatic rings. The first kappa shape index (κ1) is 19.4. The molecule has 170 valence electrons. The lowest BCUT2D eigenvalue weighted by Crippen LogP contribution is -2.68. The number of rotatable bonds is 5. The first-order valence-corrected chi connectivity index (χ1v) is 12.3. The molecule has 0 bridgehead atoms. The summed E-state index contributed by atoms with van der Waals surface area (Å²) in [6.07, 6.45) is 6.90. The van der Waals surface area contributed by atoms with Gasteiger partial charge in [0.25, 0.3) is 0 Å². The van der Waals surface area contributed by atoms with Crippen LogP contribution in [0.2, 0.25) is 0 Å². The topological polar surface area (TPSA) is 98.1 Å². The molecule has 33 heavy (non-hydrogen) atoms. The first-order chi connectivity index (χ1) is 16.1. The summed E-state index contributed by atoms with van der Waals surface area (Å²) in [5, 5.41) is 17.2. The van der Waals surface area contributed by atoms with Gasteiger partial charge in [-0.1, -0.05) is 12.1 Å². The van der Waals surface area contributed by atoms with Crippen LogP contribution in [0.3, 0.4) is 0 Å². The largest absolute Gasteiger partial charge is 0.485 e. The van der Waals surface area contributed by atoms with Gasteiger partial charge in [-0.25, -0.2) is 9.78 Å². The maximum atomic E-state index is 12.9. The van der Waals surface area contributed by atoms with Crippen LogP contribution in [0.25, 0.3) is 0 Å². The van der Waals surface area contributed by atoms with Gasteiger partial charge >= 0.3 is 6.03 Å². The Morgan fingerprint density at radius 1 is 1.09 bits per heavy atom. The van der Waals surface area contributed by atoms with Crippen LogP contribution in [0.4, 0.5) is 4.79 Å². The van der Waals surface area contributed by atoms with E-state index < -0.39 is 0 Å². The molecule has 7 rings (SSSR count). The quantitative estimate of drug-likeness (QED) is 0.761. The monoisotopic (exact) mass is 444 g/mol. The molecule has 0 unspecified atom stereocenters. The summed E-state index contributed by atoms with van der Waals surface area (Å²) in [6.45, 7) is 2.85. The SMILES string of the molecule is N#Cc1c(OC2CN(C(=O)N3CC4(CC(c5n[nH]c(C6CC6)n5)C4)C3)C2)cccc1C1CC1. The number of urea groups is 1. The second kappa shape index (κ2) is 6.96. The van der Waals surface area contributed by atoms with Gasteiger partial charge in [0.1, 0.15) is 23.7 Å². The number of aromatic nitrogens is 3. The molecule has 8 nitrogen and oxygen atoms in total. The number of nitrogens with zero attached hydrogens (tertiary/aromatic N) is 5. The molecule has 0 radical (unpaired) electrons. The van der Waals surface area contributed by atoms with Crippen LogP contribution >= 0.6 is 0 Å². The lowest BCUT2D eigenvalue weighted by Gasteiger charge is -2.59. The number of H-pyrrole nitrogens is 1. The van der Waals surface area contributed by atoms with E-state index in [1.165, 1.54) is 12.8 Å². The number of nitriles is 1. The Morgan fingerprint density at radius 3 is 2.55 bits per heavy atom. The minimum atomic E-state index is -0.0368. The minimum Gasteiger partial charge on any atom is -0.485 e. The van der Waals surface area contributed by atoms with Crippen LogP contribution in [0.15, 0.2) is 18.2 Å². The van der Waals surface area contributed by atoms with Gasteiger partial charge in [0, 0.05) is 30.3 Å². The van der Waals surface area contributed by atoms with E-state index in [4.69, 9.17) is 9.72 Å². The number of amides is 2. The normalized spacial score (nSPS) is 24.1. The molecular formula is C25H28N6O2. The van der Waals surface area contributed by atoms with E-state index in [2.05, 4.69) is 16.3 Å². The van der Waals surface area contributed by atoms with E-state index in [1.807, 2.05) is 28.0 Å². The second-order valence-electron chi connectivity index (χ2n) is 10.8. The molecule has 1 spiro atoms.